The summed E-state index contributed by atoms with van der Waals surface area (Å²) in [7, 11) is -3.74. The predicted molar refractivity (Wildman–Crippen MR) is 99.1 cm³/mol. The lowest BCUT2D eigenvalue weighted by Crippen LogP contribution is -2.38. The molecular formula is C19H22N2O5S. The Morgan fingerprint density at radius 2 is 1.74 bits per heavy atom. The molecule has 2 heterocycles. The summed E-state index contributed by atoms with van der Waals surface area (Å²) in [5, 5.41) is 8.87. The molecule has 2 aromatic rings. The second-order valence-corrected chi connectivity index (χ2v) is 8.72. The molecule has 0 atom stereocenters. The Labute approximate surface area is 158 Å². The summed E-state index contributed by atoms with van der Waals surface area (Å²) in [6.07, 6.45) is 4.11. The van der Waals surface area contributed by atoms with Crippen molar-refractivity contribution in [2.75, 3.05) is 13.1 Å². The van der Waals surface area contributed by atoms with Gasteiger partial charge in [0.25, 0.3) is 15.9 Å². The van der Waals surface area contributed by atoms with E-state index in [1.807, 2.05) is 6.92 Å². The maximum Gasteiger partial charge on any atom is 0.303 e. The van der Waals surface area contributed by atoms with Gasteiger partial charge in [-0.15, -0.1) is 0 Å². The van der Waals surface area contributed by atoms with Crippen molar-refractivity contribution in [3.63, 3.8) is 0 Å². The Hall–Kier alpha value is -2.61. The second kappa shape index (κ2) is 7.56. The number of amides is 1. The van der Waals surface area contributed by atoms with Gasteiger partial charge >= 0.3 is 5.97 Å². The fourth-order valence-electron chi connectivity index (χ4n) is 3.25. The quantitative estimate of drug-likeness (QED) is 0.845. The monoisotopic (exact) mass is 390 g/mol. The van der Waals surface area contributed by atoms with Crippen molar-refractivity contribution in [1.82, 2.24) is 8.87 Å². The van der Waals surface area contributed by atoms with E-state index >= 15 is 0 Å². The van der Waals surface area contributed by atoms with E-state index in [2.05, 4.69) is 0 Å². The van der Waals surface area contributed by atoms with Crippen LogP contribution in [0.1, 0.15) is 35.2 Å². The van der Waals surface area contributed by atoms with Crippen LogP contribution in [0.15, 0.2) is 47.6 Å². The van der Waals surface area contributed by atoms with Crippen molar-refractivity contribution in [1.29, 1.82) is 0 Å². The summed E-state index contributed by atoms with van der Waals surface area (Å²) in [5.41, 5.74) is 1.27. The molecule has 1 N–H and O–H groups in total. The Balaban J connectivity index is 1.71. The molecule has 0 bridgehead atoms. The van der Waals surface area contributed by atoms with Crippen molar-refractivity contribution < 1.29 is 23.1 Å². The Morgan fingerprint density at radius 1 is 1.11 bits per heavy atom. The van der Waals surface area contributed by atoms with Crippen LogP contribution < -0.4 is 0 Å². The number of carbonyl (C=O) groups is 2. The van der Waals surface area contributed by atoms with Gasteiger partial charge in [0, 0.05) is 31.9 Å². The lowest BCUT2D eigenvalue weighted by molar-refractivity contribution is -0.138. The number of carboxylic acid groups (broad SMARTS) is 1. The van der Waals surface area contributed by atoms with Gasteiger partial charge in [0.1, 0.15) is 0 Å². The first-order valence-electron chi connectivity index (χ1n) is 8.78. The van der Waals surface area contributed by atoms with Gasteiger partial charge in [-0.1, -0.05) is 17.7 Å². The summed E-state index contributed by atoms with van der Waals surface area (Å²) in [6.45, 7) is 2.84. The van der Waals surface area contributed by atoms with Crippen molar-refractivity contribution in [2.45, 2.75) is 31.1 Å². The van der Waals surface area contributed by atoms with Crippen LogP contribution in [-0.2, 0) is 14.8 Å². The number of likely N-dealkylation sites (tertiary alicyclic amines) is 1. The highest BCUT2D eigenvalue weighted by molar-refractivity contribution is 7.90. The van der Waals surface area contributed by atoms with Crippen LogP contribution in [-0.4, -0.2) is 47.4 Å². The number of benzene rings is 1. The zero-order valence-corrected chi connectivity index (χ0v) is 15.9. The van der Waals surface area contributed by atoms with Crippen molar-refractivity contribution in [3.8, 4) is 0 Å². The first-order chi connectivity index (χ1) is 12.8. The van der Waals surface area contributed by atoms with E-state index in [0.29, 0.717) is 31.5 Å². The number of carboxylic acids is 1. The van der Waals surface area contributed by atoms with Crippen LogP contribution in [0.4, 0.5) is 0 Å². The normalized spacial score (nSPS) is 15.7. The van der Waals surface area contributed by atoms with Crippen LogP contribution in [0.5, 0.6) is 0 Å². The van der Waals surface area contributed by atoms with E-state index in [1.54, 1.807) is 29.2 Å². The highest BCUT2D eigenvalue weighted by Crippen LogP contribution is 2.23. The number of aryl methyl sites for hydroxylation is 1. The Kier molecular flexibility index (Phi) is 5.36. The smallest absolute Gasteiger partial charge is 0.303 e. The van der Waals surface area contributed by atoms with Gasteiger partial charge in [-0.3, -0.25) is 9.59 Å². The third kappa shape index (κ3) is 4.21. The minimum absolute atomic E-state index is 0.0815. The van der Waals surface area contributed by atoms with Gasteiger partial charge in [0.15, 0.2) is 0 Å². The minimum atomic E-state index is -3.74. The van der Waals surface area contributed by atoms with Gasteiger partial charge in [-0.25, -0.2) is 12.4 Å². The average molecular weight is 390 g/mol. The lowest BCUT2D eigenvalue weighted by Gasteiger charge is -2.31. The molecule has 1 fully saturated rings. The van der Waals surface area contributed by atoms with E-state index in [4.69, 9.17) is 5.11 Å². The van der Waals surface area contributed by atoms with Crippen molar-refractivity contribution >= 4 is 21.9 Å². The van der Waals surface area contributed by atoms with E-state index in [9.17, 15) is 18.0 Å². The number of piperidine rings is 1. The number of nitrogens with zero attached hydrogens (tertiary/aromatic N) is 2. The van der Waals surface area contributed by atoms with E-state index in [1.165, 1.54) is 18.5 Å². The molecule has 0 radical (unpaired) electrons. The molecule has 0 aliphatic carbocycles. The second-order valence-electron chi connectivity index (χ2n) is 6.88. The molecule has 1 amide bonds. The average Bonchev–Trinajstić information content (AvgIpc) is 3.12. The number of hydrogen-bond acceptors (Lipinski definition) is 4. The standard InChI is InChI=1S/C19H22N2O5S/c1-14-2-4-17(5-3-14)27(25,26)21-11-8-16(13-21)19(24)20-9-6-15(7-10-20)12-18(22)23/h2-5,8,11,13,15H,6-7,9-10,12H2,1H3,(H,22,23). The first kappa shape index (κ1) is 19.2. The summed E-state index contributed by atoms with van der Waals surface area (Å²) in [5.74, 6) is -0.974. The Bertz CT molecular complexity index is 939. The fourth-order valence-corrected chi connectivity index (χ4v) is 4.45. The molecule has 144 valence electrons. The lowest BCUT2D eigenvalue weighted by atomic mass is 9.93. The zero-order chi connectivity index (χ0) is 19.6. The largest absolute Gasteiger partial charge is 0.481 e. The topological polar surface area (TPSA) is 96.7 Å². The number of hydrogen-bond donors (Lipinski definition) is 1. The maximum atomic E-state index is 12.7. The number of aliphatic carboxylic acids is 1. The Morgan fingerprint density at radius 3 is 2.33 bits per heavy atom. The molecule has 1 aliphatic rings. The zero-order valence-electron chi connectivity index (χ0n) is 15.0. The molecule has 1 saturated heterocycles. The molecular weight excluding hydrogens is 368 g/mol. The molecule has 7 nitrogen and oxygen atoms in total. The van der Waals surface area contributed by atoms with Gasteiger partial charge in [-0.05, 0) is 43.9 Å². The fraction of sp³-hybridized carbons (Fsp3) is 0.368. The molecule has 0 spiro atoms. The highest BCUT2D eigenvalue weighted by Gasteiger charge is 2.26. The molecule has 1 aromatic carbocycles. The molecule has 1 aromatic heterocycles. The van der Waals surface area contributed by atoms with Crippen molar-refractivity contribution in [2.24, 2.45) is 5.92 Å². The van der Waals surface area contributed by atoms with E-state index in [0.717, 1.165) is 9.54 Å². The summed E-state index contributed by atoms with van der Waals surface area (Å²) in [6, 6.07) is 8.03. The van der Waals surface area contributed by atoms with Gasteiger partial charge in [0.05, 0.1) is 10.5 Å². The first-order valence-corrected chi connectivity index (χ1v) is 10.2. The van der Waals surface area contributed by atoms with Crippen LogP contribution in [0.25, 0.3) is 0 Å². The van der Waals surface area contributed by atoms with Crippen LogP contribution >= 0.6 is 0 Å². The van der Waals surface area contributed by atoms with Gasteiger partial charge < -0.3 is 10.0 Å². The highest BCUT2D eigenvalue weighted by atomic mass is 32.2. The van der Waals surface area contributed by atoms with Gasteiger partial charge in [0.2, 0.25) is 0 Å². The molecule has 27 heavy (non-hydrogen) atoms. The molecule has 1 aliphatic heterocycles. The molecule has 3 rings (SSSR count). The van der Waals surface area contributed by atoms with Crippen LogP contribution in [0, 0.1) is 12.8 Å². The van der Waals surface area contributed by atoms with Gasteiger partial charge in [-0.2, -0.15) is 0 Å². The number of rotatable bonds is 5. The summed E-state index contributed by atoms with van der Waals surface area (Å²) < 4.78 is 26.4. The minimum Gasteiger partial charge on any atom is -0.481 e. The maximum absolute atomic E-state index is 12.7. The van der Waals surface area contributed by atoms with Crippen LogP contribution in [0.3, 0.4) is 0 Å². The molecule has 0 unspecified atom stereocenters. The number of carbonyl (C=O) groups excluding carboxylic acids is 1. The SMILES string of the molecule is Cc1ccc(S(=O)(=O)n2ccc(C(=O)N3CCC(CC(=O)O)CC3)c2)cc1. The summed E-state index contributed by atoms with van der Waals surface area (Å²) >= 11 is 0. The predicted octanol–water partition coefficient (Wildman–Crippen LogP) is 2.36. The van der Waals surface area contributed by atoms with Crippen molar-refractivity contribution in [3.05, 3.63) is 53.9 Å². The number of aromatic nitrogens is 1. The van der Waals surface area contributed by atoms with E-state index < -0.39 is 16.0 Å². The van der Waals surface area contributed by atoms with Crippen LogP contribution in [0.2, 0.25) is 0 Å². The summed E-state index contributed by atoms with van der Waals surface area (Å²) in [4.78, 5) is 25.3. The third-order valence-electron chi connectivity index (χ3n) is 4.88. The molecule has 0 saturated carbocycles. The van der Waals surface area contributed by atoms with E-state index in [-0.39, 0.29) is 23.1 Å². The third-order valence-corrected chi connectivity index (χ3v) is 6.53. The molecule has 8 heteroatoms.